The van der Waals surface area contributed by atoms with Crippen molar-refractivity contribution in [2.45, 2.75) is 0 Å². The van der Waals surface area contributed by atoms with E-state index in [-0.39, 0.29) is 5.56 Å². The second kappa shape index (κ2) is 3.23. The summed E-state index contributed by atoms with van der Waals surface area (Å²) in [6.07, 6.45) is 0. The Bertz CT molecular complexity index is 427. The van der Waals surface area contributed by atoms with Crippen LogP contribution in [0.1, 0.15) is 0 Å². The second-order valence-corrected chi connectivity index (χ2v) is 2.59. The van der Waals surface area contributed by atoms with E-state index in [4.69, 9.17) is 0 Å². The van der Waals surface area contributed by atoms with Crippen LogP contribution < -0.4 is 5.56 Å². The molecule has 1 aromatic carbocycles. The standard InChI is InChI=1S/C10H7N2O/c13-10-7-6-9(11-12-10)8-4-2-1-3-5-8/h1-5,7H,(H,12,13). The number of nitrogens with one attached hydrogen (secondary N) is 1. The quantitative estimate of drug-likeness (QED) is 0.701. The van der Waals surface area contributed by atoms with Gasteiger partial charge in [-0.3, -0.25) is 4.79 Å². The van der Waals surface area contributed by atoms with Crippen molar-refractivity contribution in [3.8, 4) is 11.3 Å². The van der Waals surface area contributed by atoms with Crippen molar-refractivity contribution < 1.29 is 0 Å². The zero-order valence-electron chi connectivity index (χ0n) is 6.82. The average molecular weight is 171 g/mol. The zero-order valence-corrected chi connectivity index (χ0v) is 6.82. The lowest BCUT2D eigenvalue weighted by atomic mass is 10.1. The van der Waals surface area contributed by atoms with Crippen LogP contribution in [0.3, 0.4) is 0 Å². The van der Waals surface area contributed by atoms with E-state index in [1.165, 1.54) is 6.07 Å². The maximum Gasteiger partial charge on any atom is 0.264 e. The third-order valence-electron chi connectivity index (χ3n) is 1.67. The lowest BCUT2D eigenvalue weighted by Crippen LogP contribution is -2.05. The van der Waals surface area contributed by atoms with E-state index in [0.29, 0.717) is 5.69 Å². The molecule has 0 bridgehead atoms. The fourth-order valence-corrected chi connectivity index (χ4v) is 1.05. The third kappa shape index (κ3) is 1.64. The van der Waals surface area contributed by atoms with Crippen LogP contribution in [0, 0.1) is 6.07 Å². The van der Waals surface area contributed by atoms with Crippen LogP contribution in [-0.2, 0) is 0 Å². The summed E-state index contributed by atoms with van der Waals surface area (Å²) in [5.74, 6) is 0. The van der Waals surface area contributed by atoms with Crippen LogP contribution in [0.15, 0.2) is 41.2 Å². The Hall–Kier alpha value is -1.90. The van der Waals surface area contributed by atoms with Crippen LogP contribution in [0.5, 0.6) is 0 Å². The van der Waals surface area contributed by atoms with Gasteiger partial charge in [-0.25, -0.2) is 5.10 Å². The van der Waals surface area contributed by atoms with Gasteiger partial charge in [-0.15, -0.1) is 0 Å². The molecule has 1 aromatic heterocycles. The van der Waals surface area contributed by atoms with E-state index in [9.17, 15) is 4.79 Å². The fourth-order valence-electron chi connectivity index (χ4n) is 1.05. The largest absolute Gasteiger partial charge is 0.268 e. The third-order valence-corrected chi connectivity index (χ3v) is 1.67. The minimum atomic E-state index is -0.236. The first-order valence-corrected chi connectivity index (χ1v) is 3.89. The van der Waals surface area contributed by atoms with Crippen molar-refractivity contribution in [1.82, 2.24) is 10.2 Å². The van der Waals surface area contributed by atoms with Crippen molar-refractivity contribution in [3.05, 3.63) is 52.8 Å². The molecule has 0 unspecified atom stereocenters. The SMILES string of the molecule is O=c1c[c]c(-c2ccccc2)n[nH]1. The van der Waals surface area contributed by atoms with Crippen LogP contribution in [0.4, 0.5) is 0 Å². The summed E-state index contributed by atoms with van der Waals surface area (Å²) in [5, 5.41) is 6.22. The predicted octanol–water partition coefficient (Wildman–Crippen LogP) is 1.24. The molecule has 0 saturated carbocycles. The Kier molecular flexibility index (Phi) is 1.92. The molecule has 1 heterocycles. The number of rotatable bonds is 1. The molecule has 1 radical (unpaired) electrons. The molecule has 0 atom stereocenters. The highest BCUT2D eigenvalue weighted by molar-refractivity contribution is 5.56. The minimum Gasteiger partial charge on any atom is -0.268 e. The van der Waals surface area contributed by atoms with E-state index in [2.05, 4.69) is 16.3 Å². The van der Waals surface area contributed by atoms with Gasteiger partial charge in [0.15, 0.2) is 0 Å². The van der Waals surface area contributed by atoms with Gasteiger partial charge < -0.3 is 0 Å². The lowest BCUT2D eigenvalue weighted by Gasteiger charge is -1.96. The zero-order chi connectivity index (χ0) is 9.10. The molecule has 13 heavy (non-hydrogen) atoms. The van der Waals surface area contributed by atoms with E-state index < -0.39 is 0 Å². The van der Waals surface area contributed by atoms with Gasteiger partial charge >= 0.3 is 0 Å². The Morgan fingerprint density at radius 2 is 2.00 bits per heavy atom. The first kappa shape index (κ1) is 7.73. The van der Waals surface area contributed by atoms with Gasteiger partial charge in [0.25, 0.3) is 5.56 Å². The topological polar surface area (TPSA) is 45.8 Å². The minimum absolute atomic E-state index is 0.236. The van der Waals surface area contributed by atoms with E-state index in [1.807, 2.05) is 30.3 Å². The first-order valence-electron chi connectivity index (χ1n) is 3.89. The number of aromatic amines is 1. The van der Waals surface area contributed by atoms with E-state index in [1.54, 1.807) is 0 Å². The van der Waals surface area contributed by atoms with E-state index >= 15 is 0 Å². The summed E-state index contributed by atoms with van der Waals surface area (Å²) in [6, 6.07) is 13.7. The van der Waals surface area contributed by atoms with Gasteiger partial charge in [0.2, 0.25) is 0 Å². The molecular weight excluding hydrogens is 164 g/mol. The first-order chi connectivity index (χ1) is 6.36. The summed E-state index contributed by atoms with van der Waals surface area (Å²) in [5.41, 5.74) is 1.36. The number of benzene rings is 1. The number of hydrogen-bond acceptors (Lipinski definition) is 2. The monoisotopic (exact) mass is 171 g/mol. The summed E-state index contributed by atoms with van der Waals surface area (Å²) < 4.78 is 0. The number of hydrogen-bond donors (Lipinski definition) is 1. The predicted molar refractivity (Wildman–Crippen MR) is 49.1 cm³/mol. The number of nitrogens with zero attached hydrogens (tertiary/aromatic N) is 1. The van der Waals surface area contributed by atoms with Crippen molar-refractivity contribution in [3.63, 3.8) is 0 Å². The molecule has 0 saturated heterocycles. The summed E-state index contributed by atoms with van der Waals surface area (Å²) in [6.45, 7) is 0. The Balaban J connectivity index is 2.48. The molecule has 0 fully saturated rings. The molecule has 0 aliphatic carbocycles. The van der Waals surface area contributed by atoms with Gasteiger partial charge in [0.05, 0.1) is 5.69 Å². The van der Waals surface area contributed by atoms with Gasteiger partial charge in [-0.1, -0.05) is 30.3 Å². The molecule has 2 rings (SSSR count). The molecule has 2 aromatic rings. The van der Waals surface area contributed by atoms with Gasteiger partial charge in [-0.2, -0.15) is 5.10 Å². The summed E-state index contributed by atoms with van der Waals surface area (Å²) in [7, 11) is 0. The summed E-state index contributed by atoms with van der Waals surface area (Å²) in [4.78, 5) is 10.7. The van der Waals surface area contributed by atoms with Crippen molar-refractivity contribution in [1.29, 1.82) is 0 Å². The van der Waals surface area contributed by atoms with Crippen LogP contribution in [0.25, 0.3) is 11.3 Å². The number of aromatic nitrogens is 2. The highest BCUT2D eigenvalue weighted by Gasteiger charge is 1.96. The highest BCUT2D eigenvalue weighted by atomic mass is 16.1. The maximum absolute atomic E-state index is 10.7. The average Bonchev–Trinajstić information content (AvgIpc) is 2.20. The maximum atomic E-state index is 10.7. The second-order valence-electron chi connectivity index (χ2n) is 2.59. The molecular formula is C10H7N2O. The Labute approximate surface area is 75.1 Å². The van der Waals surface area contributed by atoms with E-state index in [0.717, 1.165) is 5.56 Å². The Morgan fingerprint density at radius 1 is 1.23 bits per heavy atom. The smallest absolute Gasteiger partial charge is 0.264 e. The fraction of sp³-hybridized carbons (Fsp3) is 0. The normalized spacial score (nSPS) is 9.85. The van der Waals surface area contributed by atoms with Crippen molar-refractivity contribution >= 4 is 0 Å². The summed E-state index contributed by atoms with van der Waals surface area (Å²) >= 11 is 0. The lowest BCUT2D eigenvalue weighted by molar-refractivity contribution is 0.993. The molecule has 0 aliphatic heterocycles. The van der Waals surface area contributed by atoms with Gasteiger partial charge in [0.1, 0.15) is 0 Å². The van der Waals surface area contributed by atoms with Crippen molar-refractivity contribution in [2.75, 3.05) is 0 Å². The molecule has 0 amide bonds. The van der Waals surface area contributed by atoms with Crippen LogP contribution in [0.2, 0.25) is 0 Å². The van der Waals surface area contributed by atoms with Gasteiger partial charge in [-0.05, 0) is 0 Å². The molecule has 0 spiro atoms. The number of H-pyrrole nitrogens is 1. The molecule has 0 aliphatic rings. The molecule has 3 heteroatoms. The van der Waals surface area contributed by atoms with Gasteiger partial charge in [0, 0.05) is 17.7 Å². The highest BCUT2D eigenvalue weighted by Crippen LogP contribution is 2.12. The van der Waals surface area contributed by atoms with Crippen molar-refractivity contribution in [2.24, 2.45) is 0 Å². The Morgan fingerprint density at radius 3 is 2.62 bits per heavy atom. The molecule has 63 valence electrons. The van der Waals surface area contributed by atoms with Crippen LogP contribution >= 0.6 is 0 Å². The molecule has 1 N–H and O–H groups in total. The molecule has 3 nitrogen and oxygen atoms in total. The van der Waals surface area contributed by atoms with Crippen LogP contribution in [-0.4, -0.2) is 10.2 Å².